The molecule has 0 saturated heterocycles. The molecular formula is C8H7BFO2. The van der Waals surface area contributed by atoms with Gasteiger partial charge >= 0.3 is 13.5 Å². The van der Waals surface area contributed by atoms with E-state index in [0.717, 1.165) is 0 Å². The highest BCUT2D eigenvalue weighted by Crippen LogP contribution is 1.98. The molecule has 0 fully saturated rings. The molecule has 0 heterocycles. The molecule has 1 aromatic rings. The lowest BCUT2D eigenvalue weighted by atomic mass is 9.91. The summed E-state index contributed by atoms with van der Waals surface area (Å²) in [5, 5.41) is 0. The van der Waals surface area contributed by atoms with Crippen LogP contribution in [0.3, 0.4) is 0 Å². The fraction of sp³-hybridized carbons (Fsp3) is 0.125. The van der Waals surface area contributed by atoms with E-state index in [-0.39, 0.29) is 0 Å². The zero-order valence-electron chi connectivity index (χ0n) is 6.58. The second kappa shape index (κ2) is 3.90. The van der Waals surface area contributed by atoms with Gasteiger partial charge in [-0.25, -0.2) is 4.79 Å². The summed E-state index contributed by atoms with van der Waals surface area (Å²) in [5.74, 6) is -0.416. The monoisotopic (exact) mass is 165 g/mol. The molecule has 1 rings (SSSR count). The summed E-state index contributed by atoms with van der Waals surface area (Å²) in [6.07, 6.45) is 0. The minimum Gasteiger partial charge on any atom is -0.465 e. The molecule has 0 N–H and O–H groups in total. The summed E-state index contributed by atoms with van der Waals surface area (Å²) < 4.78 is 16.4. The van der Waals surface area contributed by atoms with Crippen molar-refractivity contribution in [2.75, 3.05) is 7.11 Å². The van der Waals surface area contributed by atoms with E-state index in [1.165, 1.54) is 31.4 Å². The van der Waals surface area contributed by atoms with Gasteiger partial charge in [0.15, 0.2) is 0 Å². The first-order valence-electron chi connectivity index (χ1n) is 3.39. The number of esters is 1. The predicted octanol–water partition coefficient (Wildman–Crippen LogP) is 0.687. The maximum Gasteiger partial charge on any atom is 0.391 e. The molecule has 0 aliphatic rings. The number of ether oxygens (including phenoxy) is 1. The number of carbonyl (C=O) groups is 1. The quantitative estimate of drug-likeness (QED) is 0.475. The highest BCUT2D eigenvalue weighted by Gasteiger charge is 2.04. The van der Waals surface area contributed by atoms with Gasteiger partial charge in [0.05, 0.1) is 12.7 Å². The Hall–Kier alpha value is -1.32. The Kier molecular flexibility index (Phi) is 2.85. The SMILES string of the molecule is COC(=O)c1ccc([B]F)cc1. The van der Waals surface area contributed by atoms with Gasteiger partial charge in [-0.15, -0.1) is 0 Å². The molecule has 0 aliphatic carbocycles. The number of carbonyl (C=O) groups excluding carboxylic acids is 1. The first kappa shape index (κ1) is 8.78. The minimum atomic E-state index is -0.416. The van der Waals surface area contributed by atoms with Crippen LogP contribution in [0.2, 0.25) is 0 Å². The molecule has 0 saturated carbocycles. The Balaban J connectivity index is 2.84. The van der Waals surface area contributed by atoms with Gasteiger partial charge in [0.2, 0.25) is 0 Å². The van der Waals surface area contributed by atoms with E-state index in [4.69, 9.17) is 0 Å². The van der Waals surface area contributed by atoms with Gasteiger partial charge in [-0.3, -0.25) is 0 Å². The van der Waals surface area contributed by atoms with Gasteiger partial charge in [-0.2, -0.15) is 0 Å². The van der Waals surface area contributed by atoms with Gasteiger partial charge in [0, 0.05) is 0 Å². The Labute approximate surface area is 70.6 Å². The fourth-order valence-corrected chi connectivity index (χ4v) is 0.810. The standard InChI is InChI=1S/C8H7BFO2/c1-12-8(11)6-2-4-7(9-10)5-3-6/h2-5H,1H3. The van der Waals surface area contributed by atoms with E-state index < -0.39 is 5.97 Å². The van der Waals surface area contributed by atoms with Crippen LogP contribution in [-0.2, 0) is 4.74 Å². The second-order valence-electron chi connectivity index (χ2n) is 2.22. The third-order valence-corrected chi connectivity index (χ3v) is 1.46. The molecular weight excluding hydrogens is 158 g/mol. The number of methoxy groups -OCH3 is 1. The van der Waals surface area contributed by atoms with E-state index in [0.29, 0.717) is 18.6 Å². The maximum absolute atomic E-state index is 11.9. The zero-order chi connectivity index (χ0) is 8.97. The van der Waals surface area contributed by atoms with Crippen molar-refractivity contribution in [3.8, 4) is 0 Å². The molecule has 1 aromatic carbocycles. The van der Waals surface area contributed by atoms with Crippen LogP contribution >= 0.6 is 0 Å². The lowest BCUT2D eigenvalue weighted by Gasteiger charge is -1.98. The molecule has 0 bridgehead atoms. The summed E-state index contributed by atoms with van der Waals surface area (Å²) in [5.41, 5.74) is 0.853. The van der Waals surface area contributed by atoms with Crippen molar-refractivity contribution in [2.45, 2.75) is 0 Å². The lowest BCUT2D eigenvalue weighted by Crippen LogP contribution is -2.10. The highest BCUT2D eigenvalue weighted by molar-refractivity contribution is 6.46. The average molecular weight is 165 g/mol. The molecule has 0 amide bonds. The van der Waals surface area contributed by atoms with E-state index in [1.807, 2.05) is 0 Å². The Morgan fingerprint density at radius 2 is 2.00 bits per heavy atom. The molecule has 0 aliphatic heterocycles. The zero-order valence-corrected chi connectivity index (χ0v) is 6.58. The van der Waals surface area contributed by atoms with Crippen LogP contribution in [0.25, 0.3) is 0 Å². The molecule has 0 aromatic heterocycles. The normalized spacial score (nSPS) is 9.17. The number of hydrogen-bond donors (Lipinski definition) is 0. The summed E-state index contributed by atoms with van der Waals surface area (Å²) in [6.45, 7) is 0. The average Bonchev–Trinajstić information content (AvgIpc) is 2.17. The van der Waals surface area contributed by atoms with Crippen molar-refractivity contribution in [1.29, 1.82) is 0 Å². The third-order valence-electron chi connectivity index (χ3n) is 1.46. The first-order valence-corrected chi connectivity index (χ1v) is 3.39. The first-order chi connectivity index (χ1) is 5.77. The van der Waals surface area contributed by atoms with Crippen molar-refractivity contribution in [1.82, 2.24) is 0 Å². The molecule has 61 valence electrons. The van der Waals surface area contributed by atoms with Crippen LogP contribution in [-0.4, -0.2) is 20.6 Å². The number of benzene rings is 1. The van der Waals surface area contributed by atoms with E-state index in [9.17, 15) is 9.11 Å². The molecule has 1 radical (unpaired) electrons. The minimum absolute atomic E-state index is 0.416. The van der Waals surface area contributed by atoms with Gasteiger partial charge in [0.1, 0.15) is 0 Å². The lowest BCUT2D eigenvalue weighted by molar-refractivity contribution is 0.0601. The summed E-state index contributed by atoms with van der Waals surface area (Å²) in [4.78, 5) is 10.9. The second-order valence-corrected chi connectivity index (χ2v) is 2.22. The van der Waals surface area contributed by atoms with E-state index in [2.05, 4.69) is 4.74 Å². The van der Waals surface area contributed by atoms with Crippen LogP contribution in [0.15, 0.2) is 24.3 Å². The summed E-state index contributed by atoms with van der Waals surface area (Å²) in [7, 11) is 1.78. The molecule has 4 heteroatoms. The van der Waals surface area contributed by atoms with Crippen molar-refractivity contribution in [3.05, 3.63) is 29.8 Å². The summed E-state index contributed by atoms with van der Waals surface area (Å²) >= 11 is 0. The molecule has 12 heavy (non-hydrogen) atoms. The Morgan fingerprint density at radius 1 is 1.42 bits per heavy atom. The summed E-state index contributed by atoms with van der Waals surface area (Å²) in [6, 6.07) is 6.03. The van der Waals surface area contributed by atoms with Crippen molar-refractivity contribution < 1.29 is 13.8 Å². The molecule has 0 unspecified atom stereocenters. The highest BCUT2D eigenvalue weighted by atomic mass is 19.1. The van der Waals surface area contributed by atoms with Gasteiger partial charge in [-0.1, -0.05) is 12.1 Å². The Morgan fingerprint density at radius 3 is 2.42 bits per heavy atom. The van der Waals surface area contributed by atoms with Gasteiger partial charge in [-0.05, 0) is 17.6 Å². The third kappa shape index (κ3) is 1.84. The van der Waals surface area contributed by atoms with Crippen molar-refractivity contribution >= 4 is 19.0 Å². The molecule has 0 spiro atoms. The Bertz CT molecular complexity index is 271. The van der Waals surface area contributed by atoms with Crippen LogP contribution in [0.5, 0.6) is 0 Å². The number of halogens is 1. The molecule has 0 atom stereocenters. The smallest absolute Gasteiger partial charge is 0.391 e. The molecule has 2 nitrogen and oxygen atoms in total. The predicted molar refractivity (Wildman–Crippen MR) is 44.3 cm³/mol. The topological polar surface area (TPSA) is 26.3 Å². The van der Waals surface area contributed by atoms with E-state index >= 15 is 0 Å². The van der Waals surface area contributed by atoms with Crippen molar-refractivity contribution in [3.63, 3.8) is 0 Å². The number of hydrogen-bond acceptors (Lipinski definition) is 2. The fourth-order valence-electron chi connectivity index (χ4n) is 0.810. The van der Waals surface area contributed by atoms with Crippen LogP contribution in [0.4, 0.5) is 4.32 Å². The maximum atomic E-state index is 11.9. The largest absolute Gasteiger partial charge is 0.465 e. The van der Waals surface area contributed by atoms with Gasteiger partial charge in [0.25, 0.3) is 0 Å². The van der Waals surface area contributed by atoms with Crippen LogP contribution in [0.1, 0.15) is 10.4 Å². The van der Waals surface area contributed by atoms with Crippen LogP contribution in [0, 0.1) is 0 Å². The van der Waals surface area contributed by atoms with Gasteiger partial charge < -0.3 is 9.05 Å². The van der Waals surface area contributed by atoms with Crippen molar-refractivity contribution in [2.24, 2.45) is 0 Å². The number of rotatable bonds is 2. The van der Waals surface area contributed by atoms with Crippen LogP contribution < -0.4 is 5.46 Å². The van der Waals surface area contributed by atoms with E-state index in [1.54, 1.807) is 0 Å².